The zero-order valence-corrected chi connectivity index (χ0v) is 19.7. The number of carbonyl (C=O) groups excluding carboxylic acids is 1. The average molecular weight is 521 g/mol. The van der Waals surface area contributed by atoms with E-state index in [1.165, 1.54) is 10.5 Å². The Kier molecular flexibility index (Phi) is 7.48. The van der Waals surface area contributed by atoms with Crippen molar-refractivity contribution in [3.8, 4) is 0 Å². The number of amides is 1. The maximum absolute atomic E-state index is 12.3. The van der Waals surface area contributed by atoms with E-state index in [0.29, 0.717) is 16.3 Å². The van der Waals surface area contributed by atoms with Crippen molar-refractivity contribution in [2.45, 2.75) is 6.54 Å². The first kappa shape index (κ1) is 23.0. The molecule has 0 bridgehead atoms. The Morgan fingerprint density at radius 2 is 1.71 bits per heavy atom. The van der Waals surface area contributed by atoms with Crippen molar-refractivity contribution in [3.05, 3.63) is 99.0 Å². The molecule has 31 heavy (non-hydrogen) atoms. The van der Waals surface area contributed by atoms with Gasteiger partial charge < -0.3 is 0 Å². The van der Waals surface area contributed by atoms with Gasteiger partial charge in [0.15, 0.2) is 0 Å². The number of hydrazone groups is 1. The molecule has 3 rings (SSSR count). The van der Waals surface area contributed by atoms with Crippen molar-refractivity contribution < 1.29 is 13.2 Å². The fourth-order valence-corrected chi connectivity index (χ4v) is 4.14. The molecule has 1 amide bonds. The van der Waals surface area contributed by atoms with Gasteiger partial charge in [-0.3, -0.25) is 9.10 Å². The summed E-state index contributed by atoms with van der Waals surface area (Å²) in [5.41, 5.74) is 4.88. The Balaban J connectivity index is 1.72. The Morgan fingerprint density at radius 3 is 2.32 bits per heavy atom. The van der Waals surface area contributed by atoms with Crippen LogP contribution in [-0.4, -0.2) is 26.8 Å². The minimum absolute atomic E-state index is 0.151. The van der Waals surface area contributed by atoms with Gasteiger partial charge in [-0.25, -0.2) is 13.8 Å². The van der Waals surface area contributed by atoms with Gasteiger partial charge in [-0.15, -0.1) is 0 Å². The molecule has 3 aromatic carbocycles. The lowest BCUT2D eigenvalue weighted by molar-refractivity contribution is 0.0955. The first-order chi connectivity index (χ1) is 14.7. The molecular formula is C22H19BrClN3O3S. The smallest absolute Gasteiger partial charge is 0.267 e. The van der Waals surface area contributed by atoms with E-state index in [1.54, 1.807) is 48.5 Å². The summed E-state index contributed by atoms with van der Waals surface area (Å²) in [5, 5.41) is 4.54. The van der Waals surface area contributed by atoms with Crippen molar-refractivity contribution in [1.82, 2.24) is 5.43 Å². The molecule has 0 aromatic heterocycles. The number of sulfonamides is 1. The topological polar surface area (TPSA) is 78.8 Å². The minimum Gasteiger partial charge on any atom is -0.267 e. The van der Waals surface area contributed by atoms with Gasteiger partial charge in [0.2, 0.25) is 10.0 Å². The van der Waals surface area contributed by atoms with Gasteiger partial charge in [-0.1, -0.05) is 57.9 Å². The summed E-state index contributed by atoms with van der Waals surface area (Å²) in [6.45, 7) is 0.151. The molecule has 9 heteroatoms. The van der Waals surface area contributed by atoms with Crippen molar-refractivity contribution >= 4 is 55.4 Å². The first-order valence-electron chi connectivity index (χ1n) is 9.14. The van der Waals surface area contributed by atoms with E-state index in [1.807, 2.05) is 24.3 Å². The van der Waals surface area contributed by atoms with E-state index >= 15 is 0 Å². The summed E-state index contributed by atoms with van der Waals surface area (Å²) in [6.07, 6.45) is 2.67. The van der Waals surface area contributed by atoms with Crippen molar-refractivity contribution in [1.29, 1.82) is 0 Å². The third kappa shape index (κ3) is 6.40. The second-order valence-electron chi connectivity index (χ2n) is 6.66. The maximum atomic E-state index is 12.3. The van der Waals surface area contributed by atoms with Crippen LogP contribution in [0.4, 0.5) is 5.69 Å². The fraction of sp³-hybridized carbons (Fsp3) is 0.0909. The Morgan fingerprint density at radius 1 is 1.06 bits per heavy atom. The monoisotopic (exact) mass is 519 g/mol. The van der Waals surface area contributed by atoms with Gasteiger partial charge >= 0.3 is 0 Å². The van der Waals surface area contributed by atoms with Gasteiger partial charge in [0, 0.05) is 20.6 Å². The molecule has 6 nitrogen and oxygen atoms in total. The van der Waals surface area contributed by atoms with Crippen LogP contribution in [0.3, 0.4) is 0 Å². The van der Waals surface area contributed by atoms with E-state index in [0.717, 1.165) is 21.9 Å². The second-order valence-corrected chi connectivity index (χ2v) is 9.86. The van der Waals surface area contributed by atoms with Crippen molar-refractivity contribution in [2.24, 2.45) is 5.10 Å². The molecule has 1 N–H and O–H groups in total. The van der Waals surface area contributed by atoms with Crippen LogP contribution in [0.1, 0.15) is 21.5 Å². The minimum atomic E-state index is -3.54. The highest BCUT2D eigenvalue weighted by atomic mass is 79.9. The molecule has 0 aliphatic rings. The molecule has 0 saturated carbocycles. The quantitative estimate of drug-likeness (QED) is 0.358. The Bertz CT molecular complexity index is 1200. The largest absolute Gasteiger partial charge is 0.271 e. The average Bonchev–Trinajstić information content (AvgIpc) is 2.74. The predicted octanol–water partition coefficient (Wildman–Crippen LogP) is 4.83. The summed E-state index contributed by atoms with van der Waals surface area (Å²) < 4.78 is 26.8. The molecular weight excluding hydrogens is 502 g/mol. The highest BCUT2D eigenvalue weighted by molar-refractivity contribution is 9.10. The van der Waals surface area contributed by atoms with E-state index in [2.05, 4.69) is 26.5 Å². The number of hydrogen-bond donors (Lipinski definition) is 1. The van der Waals surface area contributed by atoms with E-state index in [-0.39, 0.29) is 6.54 Å². The first-order valence-corrected chi connectivity index (χ1v) is 12.2. The van der Waals surface area contributed by atoms with Crippen LogP contribution in [0.5, 0.6) is 0 Å². The van der Waals surface area contributed by atoms with Crippen LogP contribution in [-0.2, 0) is 16.6 Å². The summed E-state index contributed by atoms with van der Waals surface area (Å²) in [6, 6.07) is 20.7. The zero-order chi connectivity index (χ0) is 22.4. The van der Waals surface area contributed by atoms with Crippen molar-refractivity contribution in [2.75, 3.05) is 10.6 Å². The lowest BCUT2D eigenvalue weighted by Crippen LogP contribution is -2.29. The number of nitrogens with one attached hydrogen (secondary N) is 1. The van der Waals surface area contributed by atoms with Gasteiger partial charge in [-0.05, 0) is 48.0 Å². The number of rotatable bonds is 7. The van der Waals surface area contributed by atoms with Gasteiger partial charge in [-0.2, -0.15) is 5.10 Å². The molecule has 0 fully saturated rings. The molecule has 0 aliphatic carbocycles. The molecule has 160 valence electrons. The lowest BCUT2D eigenvalue weighted by Gasteiger charge is -2.22. The molecule has 0 heterocycles. The zero-order valence-electron chi connectivity index (χ0n) is 16.5. The third-order valence-electron chi connectivity index (χ3n) is 4.33. The summed E-state index contributed by atoms with van der Waals surface area (Å²) in [7, 11) is -3.54. The molecule has 0 atom stereocenters. The maximum Gasteiger partial charge on any atom is 0.271 e. The molecule has 0 saturated heterocycles. The number of benzene rings is 3. The standard InChI is InChI=1S/C22H19BrClN3O3S/c1-31(29,30)27(15-16-6-10-19(24)11-7-16)20-12-8-17(9-13-20)22(28)26-25-14-18-4-2-3-5-21(18)23/h2-14H,15H2,1H3,(H,26,28)/b25-14-. The summed E-state index contributed by atoms with van der Waals surface area (Å²) in [5.74, 6) is -0.404. The molecule has 0 spiro atoms. The number of carbonyl (C=O) groups is 1. The second kappa shape index (κ2) is 10.1. The van der Waals surface area contributed by atoms with Crippen LogP contribution < -0.4 is 9.73 Å². The van der Waals surface area contributed by atoms with Crippen LogP contribution in [0, 0.1) is 0 Å². The highest BCUT2D eigenvalue weighted by Gasteiger charge is 2.18. The molecule has 0 unspecified atom stereocenters. The van der Waals surface area contributed by atoms with E-state index in [4.69, 9.17) is 11.6 Å². The fourth-order valence-electron chi connectivity index (χ4n) is 2.74. The molecule has 0 aliphatic heterocycles. The Hall–Kier alpha value is -2.68. The van der Waals surface area contributed by atoms with Gasteiger partial charge in [0.25, 0.3) is 5.91 Å². The third-order valence-corrected chi connectivity index (χ3v) is 6.45. The van der Waals surface area contributed by atoms with Crippen LogP contribution in [0.2, 0.25) is 5.02 Å². The molecule has 3 aromatic rings. The normalized spacial score (nSPS) is 11.5. The summed E-state index contributed by atoms with van der Waals surface area (Å²) >= 11 is 9.31. The van der Waals surface area contributed by atoms with E-state index < -0.39 is 15.9 Å². The predicted molar refractivity (Wildman–Crippen MR) is 128 cm³/mol. The van der Waals surface area contributed by atoms with Crippen molar-refractivity contribution in [3.63, 3.8) is 0 Å². The highest BCUT2D eigenvalue weighted by Crippen LogP contribution is 2.22. The number of hydrogen-bond acceptors (Lipinski definition) is 4. The van der Waals surface area contributed by atoms with Crippen LogP contribution in [0.25, 0.3) is 0 Å². The van der Waals surface area contributed by atoms with E-state index in [9.17, 15) is 13.2 Å². The SMILES string of the molecule is CS(=O)(=O)N(Cc1ccc(Cl)cc1)c1ccc(C(=O)N/N=C\c2ccccc2Br)cc1. The van der Waals surface area contributed by atoms with Gasteiger partial charge in [0.05, 0.1) is 24.7 Å². The number of halogens is 2. The number of anilines is 1. The molecule has 0 radical (unpaired) electrons. The Labute approximate surface area is 194 Å². The van der Waals surface area contributed by atoms with Crippen LogP contribution in [0.15, 0.2) is 82.4 Å². The van der Waals surface area contributed by atoms with Gasteiger partial charge in [0.1, 0.15) is 0 Å². The number of nitrogens with zero attached hydrogens (tertiary/aromatic N) is 2. The summed E-state index contributed by atoms with van der Waals surface area (Å²) in [4.78, 5) is 12.3. The van der Waals surface area contributed by atoms with Crippen LogP contribution >= 0.6 is 27.5 Å². The lowest BCUT2D eigenvalue weighted by atomic mass is 10.2.